The monoisotopic (exact) mass is 258 g/mol. The molecular formula is C13H26N2O3. The van der Waals surface area contributed by atoms with Gasteiger partial charge in [0, 0.05) is 19.7 Å². The Morgan fingerprint density at radius 2 is 2.00 bits per heavy atom. The van der Waals surface area contributed by atoms with Gasteiger partial charge in [0.25, 0.3) is 0 Å². The molecule has 1 aliphatic rings. The molecule has 1 N–H and O–H groups in total. The molecule has 5 heteroatoms. The lowest BCUT2D eigenvalue weighted by atomic mass is 10.2. The normalized spacial score (nSPS) is 18.1. The van der Waals surface area contributed by atoms with Crippen molar-refractivity contribution in [1.29, 1.82) is 0 Å². The Morgan fingerprint density at radius 1 is 1.33 bits per heavy atom. The van der Waals surface area contributed by atoms with E-state index in [4.69, 9.17) is 9.84 Å². The zero-order valence-corrected chi connectivity index (χ0v) is 11.6. The van der Waals surface area contributed by atoms with Crippen LogP contribution in [0.15, 0.2) is 0 Å². The molecular weight excluding hydrogens is 232 g/mol. The summed E-state index contributed by atoms with van der Waals surface area (Å²) < 4.78 is 5.25. The second-order valence-electron chi connectivity index (χ2n) is 4.88. The summed E-state index contributed by atoms with van der Waals surface area (Å²) in [6.07, 6.45) is 2.89. The number of rotatable bonds is 7. The second-order valence-corrected chi connectivity index (χ2v) is 4.88. The Labute approximate surface area is 110 Å². The molecule has 1 saturated heterocycles. The maximum absolute atomic E-state index is 12.2. The van der Waals surface area contributed by atoms with Crippen molar-refractivity contribution in [2.45, 2.75) is 32.2 Å². The predicted molar refractivity (Wildman–Crippen MR) is 70.4 cm³/mol. The molecule has 5 nitrogen and oxygen atoms in total. The van der Waals surface area contributed by atoms with Crippen LogP contribution in [0.2, 0.25) is 0 Å². The van der Waals surface area contributed by atoms with Gasteiger partial charge in [-0.2, -0.15) is 0 Å². The fraction of sp³-hybridized carbons (Fsp3) is 0.923. The molecule has 0 aliphatic carbocycles. The van der Waals surface area contributed by atoms with Gasteiger partial charge in [0.1, 0.15) is 0 Å². The molecule has 0 aromatic rings. The van der Waals surface area contributed by atoms with E-state index in [1.54, 1.807) is 0 Å². The number of aliphatic hydroxyl groups is 1. The molecule has 1 heterocycles. The number of likely N-dealkylation sites (N-methyl/N-ethyl adjacent to an activating group) is 1. The number of morpholine rings is 1. The minimum absolute atomic E-state index is 0.0720. The SMILES string of the molecule is CC(C(=O)N1CCOCC1)N(C)CCCCCO. The van der Waals surface area contributed by atoms with E-state index >= 15 is 0 Å². The van der Waals surface area contributed by atoms with E-state index in [1.165, 1.54) is 0 Å². The van der Waals surface area contributed by atoms with Gasteiger partial charge in [-0.25, -0.2) is 0 Å². The summed E-state index contributed by atoms with van der Waals surface area (Å²) in [7, 11) is 1.99. The van der Waals surface area contributed by atoms with Crippen molar-refractivity contribution in [2.75, 3.05) is 46.5 Å². The van der Waals surface area contributed by atoms with E-state index in [2.05, 4.69) is 4.90 Å². The number of ether oxygens (including phenoxy) is 1. The van der Waals surface area contributed by atoms with Crippen LogP contribution in [0.5, 0.6) is 0 Å². The number of amides is 1. The van der Waals surface area contributed by atoms with Crippen molar-refractivity contribution in [3.63, 3.8) is 0 Å². The highest BCUT2D eigenvalue weighted by Crippen LogP contribution is 2.07. The van der Waals surface area contributed by atoms with E-state index in [0.717, 1.165) is 25.8 Å². The first-order valence-electron chi connectivity index (χ1n) is 6.84. The molecule has 1 fully saturated rings. The van der Waals surface area contributed by atoms with Crippen molar-refractivity contribution in [3.8, 4) is 0 Å². The van der Waals surface area contributed by atoms with Crippen molar-refractivity contribution in [2.24, 2.45) is 0 Å². The topological polar surface area (TPSA) is 53.0 Å². The van der Waals surface area contributed by atoms with Crippen molar-refractivity contribution in [3.05, 3.63) is 0 Å². The average Bonchev–Trinajstić information content (AvgIpc) is 2.42. The van der Waals surface area contributed by atoms with Crippen LogP contribution in [0.4, 0.5) is 0 Å². The third-order valence-corrected chi connectivity index (χ3v) is 3.51. The van der Waals surface area contributed by atoms with E-state index in [-0.39, 0.29) is 18.6 Å². The third-order valence-electron chi connectivity index (χ3n) is 3.51. The fourth-order valence-electron chi connectivity index (χ4n) is 2.08. The Morgan fingerprint density at radius 3 is 2.61 bits per heavy atom. The smallest absolute Gasteiger partial charge is 0.239 e. The summed E-state index contributed by atoms with van der Waals surface area (Å²) in [6.45, 7) is 5.84. The molecule has 1 amide bonds. The second kappa shape index (κ2) is 8.45. The van der Waals surface area contributed by atoms with Crippen molar-refractivity contribution in [1.82, 2.24) is 9.80 Å². The van der Waals surface area contributed by atoms with E-state index in [0.29, 0.717) is 26.3 Å². The van der Waals surface area contributed by atoms with Crippen LogP contribution in [0.25, 0.3) is 0 Å². The number of nitrogens with zero attached hydrogens (tertiary/aromatic N) is 2. The maximum Gasteiger partial charge on any atom is 0.239 e. The van der Waals surface area contributed by atoms with Crippen LogP contribution < -0.4 is 0 Å². The summed E-state index contributed by atoms with van der Waals surface area (Å²) >= 11 is 0. The quantitative estimate of drug-likeness (QED) is 0.669. The summed E-state index contributed by atoms with van der Waals surface area (Å²) in [4.78, 5) is 16.2. The molecule has 0 aromatic heterocycles. The Kier molecular flexibility index (Phi) is 7.23. The standard InChI is InChI=1S/C13H26N2O3/c1-12(14(2)6-4-3-5-9-16)13(17)15-7-10-18-11-8-15/h12,16H,3-11H2,1-2H3. The van der Waals surface area contributed by atoms with Crippen LogP contribution in [-0.4, -0.2) is 73.4 Å². The molecule has 1 rings (SSSR count). The molecule has 1 unspecified atom stereocenters. The molecule has 0 aromatic carbocycles. The number of unbranched alkanes of at least 4 members (excludes halogenated alkanes) is 2. The maximum atomic E-state index is 12.2. The lowest BCUT2D eigenvalue weighted by Crippen LogP contribution is -2.49. The van der Waals surface area contributed by atoms with Crippen LogP contribution in [-0.2, 0) is 9.53 Å². The minimum atomic E-state index is -0.0720. The van der Waals surface area contributed by atoms with Gasteiger partial charge in [-0.15, -0.1) is 0 Å². The van der Waals surface area contributed by atoms with Crippen LogP contribution in [0, 0.1) is 0 Å². The number of carbonyl (C=O) groups is 1. The number of aliphatic hydroxyl groups excluding tert-OH is 1. The molecule has 18 heavy (non-hydrogen) atoms. The average molecular weight is 258 g/mol. The van der Waals surface area contributed by atoms with E-state index < -0.39 is 0 Å². The minimum Gasteiger partial charge on any atom is -0.396 e. The number of hydrogen-bond acceptors (Lipinski definition) is 4. The van der Waals surface area contributed by atoms with Gasteiger partial charge in [0.05, 0.1) is 19.3 Å². The van der Waals surface area contributed by atoms with Crippen LogP contribution in [0.3, 0.4) is 0 Å². The van der Waals surface area contributed by atoms with Crippen LogP contribution in [0.1, 0.15) is 26.2 Å². The molecule has 0 saturated carbocycles. The Hall–Kier alpha value is -0.650. The Bertz CT molecular complexity index is 242. The van der Waals surface area contributed by atoms with Gasteiger partial charge in [0.2, 0.25) is 5.91 Å². The van der Waals surface area contributed by atoms with Gasteiger partial charge in [-0.3, -0.25) is 9.69 Å². The molecule has 1 aliphatic heterocycles. The summed E-state index contributed by atoms with van der Waals surface area (Å²) in [5, 5.41) is 8.71. The molecule has 0 spiro atoms. The highest BCUT2D eigenvalue weighted by molar-refractivity contribution is 5.81. The lowest BCUT2D eigenvalue weighted by molar-refractivity contribution is -0.140. The van der Waals surface area contributed by atoms with Crippen LogP contribution >= 0.6 is 0 Å². The van der Waals surface area contributed by atoms with Gasteiger partial charge in [-0.1, -0.05) is 0 Å². The molecule has 106 valence electrons. The highest BCUT2D eigenvalue weighted by atomic mass is 16.5. The van der Waals surface area contributed by atoms with E-state index in [9.17, 15) is 4.79 Å². The zero-order valence-electron chi connectivity index (χ0n) is 11.6. The molecule has 0 bridgehead atoms. The van der Waals surface area contributed by atoms with Crippen molar-refractivity contribution < 1.29 is 14.6 Å². The predicted octanol–water partition coefficient (Wildman–Crippen LogP) is 0.328. The van der Waals surface area contributed by atoms with Gasteiger partial charge in [-0.05, 0) is 39.8 Å². The third kappa shape index (κ3) is 4.92. The summed E-state index contributed by atoms with van der Waals surface area (Å²) in [5.74, 6) is 0.197. The largest absolute Gasteiger partial charge is 0.396 e. The van der Waals surface area contributed by atoms with Gasteiger partial charge < -0.3 is 14.7 Å². The van der Waals surface area contributed by atoms with E-state index in [1.807, 2.05) is 18.9 Å². The first-order valence-corrected chi connectivity index (χ1v) is 6.84. The number of carbonyl (C=O) groups excluding carboxylic acids is 1. The zero-order chi connectivity index (χ0) is 13.4. The Balaban J connectivity index is 2.27. The first kappa shape index (κ1) is 15.4. The first-order chi connectivity index (χ1) is 8.66. The summed E-state index contributed by atoms with van der Waals surface area (Å²) in [6, 6.07) is -0.0720. The lowest BCUT2D eigenvalue weighted by Gasteiger charge is -2.32. The summed E-state index contributed by atoms with van der Waals surface area (Å²) in [5.41, 5.74) is 0. The van der Waals surface area contributed by atoms with Gasteiger partial charge in [0.15, 0.2) is 0 Å². The number of hydrogen-bond donors (Lipinski definition) is 1. The molecule has 1 atom stereocenters. The molecule has 0 radical (unpaired) electrons. The van der Waals surface area contributed by atoms with Crippen molar-refractivity contribution >= 4 is 5.91 Å². The highest BCUT2D eigenvalue weighted by Gasteiger charge is 2.24. The van der Waals surface area contributed by atoms with Gasteiger partial charge >= 0.3 is 0 Å². The fourth-order valence-corrected chi connectivity index (χ4v) is 2.08.